The fourth-order valence-corrected chi connectivity index (χ4v) is 1.93. The molecule has 0 spiro atoms. The molecule has 2 aromatic rings. The number of benzene rings is 1. The van der Waals surface area contributed by atoms with Crippen LogP contribution in [0.2, 0.25) is 0 Å². The second kappa shape index (κ2) is 4.70. The Hall–Kier alpha value is -1.01. The molecule has 0 aliphatic heterocycles. The van der Waals surface area contributed by atoms with E-state index < -0.39 is 23.0 Å². The van der Waals surface area contributed by atoms with E-state index in [0.29, 0.717) is 4.67 Å². The van der Waals surface area contributed by atoms with Gasteiger partial charge in [0.2, 0.25) is 5.78 Å². The van der Waals surface area contributed by atoms with Crippen molar-refractivity contribution in [3.63, 3.8) is 0 Å². The fraction of sp³-hybridized carbons (Fsp3) is 0. The molecule has 0 aliphatic carbocycles. The normalized spacial score (nSPS) is 10.6. The van der Waals surface area contributed by atoms with Gasteiger partial charge in [-0.05, 0) is 56.1 Å². The van der Waals surface area contributed by atoms with Crippen LogP contribution in [-0.2, 0) is 0 Å². The van der Waals surface area contributed by atoms with Crippen molar-refractivity contribution in [2.24, 2.45) is 0 Å². The monoisotopic (exact) mass is 364 g/mol. The second-order valence-corrected chi connectivity index (χ2v) is 4.79. The first-order chi connectivity index (χ1) is 8.00. The molecular formula is C11H4Br2F2O2. The largest absolute Gasteiger partial charge is 0.446 e. The van der Waals surface area contributed by atoms with Crippen LogP contribution in [0.1, 0.15) is 16.1 Å². The Morgan fingerprint density at radius 1 is 1.12 bits per heavy atom. The number of carbonyl (C=O) groups is 1. The van der Waals surface area contributed by atoms with Crippen LogP contribution in [0.15, 0.2) is 37.8 Å². The number of hydrogen-bond donors (Lipinski definition) is 0. The van der Waals surface area contributed by atoms with E-state index in [0.717, 1.165) is 6.07 Å². The van der Waals surface area contributed by atoms with Gasteiger partial charge in [0.25, 0.3) is 0 Å². The molecule has 0 saturated carbocycles. The smallest absolute Gasteiger partial charge is 0.234 e. The Morgan fingerprint density at radius 3 is 2.41 bits per heavy atom. The quantitative estimate of drug-likeness (QED) is 0.586. The predicted octanol–water partition coefficient (Wildman–Crippen LogP) is 4.31. The topological polar surface area (TPSA) is 30.2 Å². The van der Waals surface area contributed by atoms with Gasteiger partial charge in [0, 0.05) is 0 Å². The Kier molecular flexibility index (Phi) is 3.44. The van der Waals surface area contributed by atoms with Crippen molar-refractivity contribution in [1.29, 1.82) is 0 Å². The van der Waals surface area contributed by atoms with Gasteiger partial charge >= 0.3 is 0 Å². The molecule has 1 heterocycles. The van der Waals surface area contributed by atoms with Crippen molar-refractivity contribution >= 4 is 37.6 Å². The molecule has 88 valence electrons. The van der Waals surface area contributed by atoms with Crippen LogP contribution in [-0.4, -0.2) is 5.78 Å². The molecule has 2 rings (SSSR count). The maximum atomic E-state index is 13.6. The SMILES string of the molecule is O=C(c1ccc(Br)o1)c1c(F)ccc(Br)c1F. The summed E-state index contributed by atoms with van der Waals surface area (Å²) in [6, 6.07) is 5.02. The van der Waals surface area contributed by atoms with Crippen molar-refractivity contribution < 1.29 is 18.0 Å². The van der Waals surface area contributed by atoms with E-state index in [2.05, 4.69) is 31.9 Å². The summed E-state index contributed by atoms with van der Waals surface area (Å²) in [5.41, 5.74) is -0.638. The summed E-state index contributed by atoms with van der Waals surface area (Å²) in [4.78, 5) is 11.8. The molecule has 1 aromatic carbocycles. The van der Waals surface area contributed by atoms with Gasteiger partial charge in [-0.25, -0.2) is 8.78 Å². The average Bonchev–Trinajstić information content (AvgIpc) is 2.71. The van der Waals surface area contributed by atoms with E-state index in [1.54, 1.807) is 0 Å². The first-order valence-corrected chi connectivity index (χ1v) is 6.03. The third-order valence-corrected chi connectivity index (χ3v) is 3.11. The minimum absolute atomic E-state index is 0.0212. The summed E-state index contributed by atoms with van der Waals surface area (Å²) in [7, 11) is 0. The maximum absolute atomic E-state index is 13.6. The molecule has 0 radical (unpaired) electrons. The minimum Gasteiger partial charge on any atom is -0.446 e. The molecule has 6 heteroatoms. The number of halogens is 4. The van der Waals surface area contributed by atoms with Crippen molar-refractivity contribution in [3.8, 4) is 0 Å². The van der Waals surface area contributed by atoms with Crippen LogP contribution in [0, 0.1) is 11.6 Å². The molecule has 0 bridgehead atoms. The first-order valence-electron chi connectivity index (χ1n) is 4.44. The lowest BCUT2D eigenvalue weighted by Crippen LogP contribution is -2.07. The Morgan fingerprint density at radius 2 is 1.82 bits per heavy atom. The number of furan rings is 1. The van der Waals surface area contributed by atoms with Gasteiger partial charge in [0.15, 0.2) is 16.2 Å². The van der Waals surface area contributed by atoms with Crippen LogP contribution >= 0.6 is 31.9 Å². The Balaban J connectivity index is 2.54. The van der Waals surface area contributed by atoms with Crippen molar-refractivity contribution in [1.82, 2.24) is 0 Å². The van der Waals surface area contributed by atoms with Gasteiger partial charge in [-0.15, -0.1) is 0 Å². The lowest BCUT2D eigenvalue weighted by Gasteiger charge is -2.03. The van der Waals surface area contributed by atoms with Gasteiger partial charge in [-0.3, -0.25) is 4.79 Å². The van der Waals surface area contributed by atoms with Gasteiger partial charge in [-0.1, -0.05) is 0 Å². The lowest BCUT2D eigenvalue weighted by atomic mass is 10.1. The molecule has 0 N–H and O–H groups in total. The molecule has 17 heavy (non-hydrogen) atoms. The van der Waals surface area contributed by atoms with E-state index in [1.165, 1.54) is 18.2 Å². The van der Waals surface area contributed by atoms with Crippen LogP contribution < -0.4 is 0 Å². The summed E-state index contributed by atoms with van der Waals surface area (Å²) in [6.45, 7) is 0. The summed E-state index contributed by atoms with van der Waals surface area (Å²) >= 11 is 5.90. The third-order valence-electron chi connectivity index (χ3n) is 2.07. The zero-order valence-corrected chi connectivity index (χ0v) is 11.3. The number of ketones is 1. The van der Waals surface area contributed by atoms with Gasteiger partial charge in [0.1, 0.15) is 5.82 Å². The third kappa shape index (κ3) is 2.32. The second-order valence-electron chi connectivity index (χ2n) is 3.15. The molecule has 0 atom stereocenters. The molecule has 0 amide bonds. The summed E-state index contributed by atoms with van der Waals surface area (Å²) < 4.78 is 32.4. The van der Waals surface area contributed by atoms with Crippen molar-refractivity contribution in [3.05, 3.63) is 56.4 Å². The maximum Gasteiger partial charge on any atom is 0.234 e. The van der Waals surface area contributed by atoms with Gasteiger partial charge in [-0.2, -0.15) is 0 Å². The molecule has 0 unspecified atom stereocenters. The highest BCUT2D eigenvalue weighted by Gasteiger charge is 2.23. The standard InChI is InChI=1S/C11H4Br2F2O2/c12-5-1-2-6(14)9(10(5)15)11(16)7-3-4-8(13)17-7/h1-4H. The lowest BCUT2D eigenvalue weighted by molar-refractivity contribution is 0.0999. The van der Waals surface area contributed by atoms with E-state index in [-0.39, 0.29) is 10.2 Å². The highest BCUT2D eigenvalue weighted by atomic mass is 79.9. The van der Waals surface area contributed by atoms with E-state index in [9.17, 15) is 13.6 Å². The Bertz CT molecular complexity index is 593. The van der Waals surface area contributed by atoms with E-state index in [1.807, 2.05) is 0 Å². The molecule has 0 fully saturated rings. The molecular weight excluding hydrogens is 362 g/mol. The van der Waals surface area contributed by atoms with Crippen molar-refractivity contribution in [2.75, 3.05) is 0 Å². The van der Waals surface area contributed by atoms with Crippen LogP contribution in [0.3, 0.4) is 0 Å². The predicted molar refractivity (Wildman–Crippen MR) is 63.9 cm³/mol. The summed E-state index contributed by atoms with van der Waals surface area (Å²) in [6.07, 6.45) is 0. The highest BCUT2D eigenvalue weighted by Crippen LogP contribution is 2.25. The van der Waals surface area contributed by atoms with Gasteiger partial charge in [0.05, 0.1) is 10.0 Å². The number of carbonyl (C=O) groups excluding carboxylic acids is 1. The molecule has 2 nitrogen and oxygen atoms in total. The van der Waals surface area contributed by atoms with Gasteiger partial charge < -0.3 is 4.42 Å². The zero-order chi connectivity index (χ0) is 12.6. The van der Waals surface area contributed by atoms with Crippen molar-refractivity contribution in [2.45, 2.75) is 0 Å². The van der Waals surface area contributed by atoms with Crippen LogP contribution in [0.4, 0.5) is 8.78 Å². The summed E-state index contributed by atoms with van der Waals surface area (Å²) in [5.74, 6) is -2.84. The minimum atomic E-state index is -0.942. The van der Waals surface area contributed by atoms with E-state index >= 15 is 0 Å². The van der Waals surface area contributed by atoms with Crippen LogP contribution in [0.5, 0.6) is 0 Å². The summed E-state index contributed by atoms with van der Waals surface area (Å²) in [5, 5.41) is 0. The van der Waals surface area contributed by atoms with E-state index in [4.69, 9.17) is 4.42 Å². The average molecular weight is 366 g/mol. The highest BCUT2D eigenvalue weighted by molar-refractivity contribution is 9.10. The van der Waals surface area contributed by atoms with Crippen LogP contribution in [0.25, 0.3) is 0 Å². The number of rotatable bonds is 2. The molecule has 0 aliphatic rings. The Labute approximate surface area is 112 Å². The molecule has 1 aromatic heterocycles. The molecule has 0 saturated heterocycles. The zero-order valence-electron chi connectivity index (χ0n) is 8.14. The first kappa shape index (κ1) is 12.4. The number of hydrogen-bond acceptors (Lipinski definition) is 2. The fourth-order valence-electron chi connectivity index (χ4n) is 1.29.